The van der Waals surface area contributed by atoms with Crippen LogP contribution in [-0.4, -0.2) is 29.2 Å². The summed E-state index contributed by atoms with van der Waals surface area (Å²) in [6.07, 6.45) is 1.89. The first kappa shape index (κ1) is 17.4. The van der Waals surface area contributed by atoms with Crippen molar-refractivity contribution in [3.63, 3.8) is 0 Å². The van der Waals surface area contributed by atoms with Gasteiger partial charge in [-0.1, -0.05) is 17.7 Å². The van der Waals surface area contributed by atoms with Gasteiger partial charge in [0.2, 0.25) is 5.91 Å². The second-order valence-corrected chi connectivity index (χ2v) is 7.08. The van der Waals surface area contributed by atoms with E-state index in [1.807, 2.05) is 32.9 Å². The van der Waals surface area contributed by atoms with E-state index in [0.29, 0.717) is 6.54 Å². The number of hydrogen-bond acceptors (Lipinski definition) is 4. The van der Waals surface area contributed by atoms with Crippen molar-refractivity contribution in [3.8, 4) is 0 Å². The largest absolute Gasteiger partial charge is 0.354 e. The summed E-state index contributed by atoms with van der Waals surface area (Å²) in [5.74, 6) is 0.919. The lowest BCUT2D eigenvalue weighted by Crippen LogP contribution is -2.41. The van der Waals surface area contributed by atoms with Gasteiger partial charge in [-0.3, -0.25) is 4.79 Å². The van der Waals surface area contributed by atoms with Gasteiger partial charge < -0.3 is 10.2 Å². The van der Waals surface area contributed by atoms with Gasteiger partial charge in [0.25, 0.3) is 0 Å². The Morgan fingerprint density at radius 1 is 1.12 bits per heavy atom. The second-order valence-electron chi connectivity index (χ2n) is 7.08. The first-order valence-corrected chi connectivity index (χ1v) is 8.88. The Bertz CT molecular complexity index is 747. The summed E-state index contributed by atoms with van der Waals surface area (Å²) in [7, 11) is 0. The van der Waals surface area contributed by atoms with E-state index >= 15 is 0 Å². The lowest BCUT2D eigenvalue weighted by atomic mass is 9.96. The highest BCUT2D eigenvalue weighted by Crippen LogP contribution is 2.26. The highest BCUT2D eigenvalue weighted by molar-refractivity contribution is 5.94. The van der Waals surface area contributed by atoms with E-state index in [-0.39, 0.29) is 11.8 Å². The average molecular weight is 338 g/mol. The molecular weight excluding hydrogens is 312 g/mol. The van der Waals surface area contributed by atoms with Gasteiger partial charge in [0.05, 0.1) is 11.6 Å². The van der Waals surface area contributed by atoms with Gasteiger partial charge in [0.15, 0.2) is 5.82 Å². The maximum Gasteiger partial charge on any atom is 0.229 e. The van der Waals surface area contributed by atoms with Crippen LogP contribution in [0, 0.1) is 33.6 Å². The lowest BCUT2D eigenvalue weighted by molar-refractivity contribution is -0.120. The van der Waals surface area contributed by atoms with Crippen molar-refractivity contribution in [2.75, 3.05) is 23.3 Å². The summed E-state index contributed by atoms with van der Waals surface area (Å²) in [4.78, 5) is 15.0. The van der Waals surface area contributed by atoms with Crippen LogP contribution in [0.2, 0.25) is 0 Å². The molecule has 132 valence electrons. The summed E-state index contributed by atoms with van der Waals surface area (Å²) < 4.78 is 0. The molecule has 5 heteroatoms. The Balaban J connectivity index is 1.71. The number of carbonyl (C=O) groups excluding carboxylic acids is 1. The fraction of sp³-hybridized carbons (Fsp3) is 0.450. The van der Waals surface area contributed by atoms with Crippen LogP contribution in [0.3, 0.4) is 0 Å². The van der Waals surface area contributed by atoms with E-state index in [1.165, 1.54) is 5.56 Å². The number of benzene rings is 1. The van der Waals surface area contributed by atoms with Gasteiger partial charge in [-0.05, 0) is 63.8 Å². The van der Waals surface area contributed by atoms with Gasteiger partial charge in [-0.25, -0.2) is 0 Å². The molecule has 1 aromatic heterocycles. The molecule has 25 heavy (non-hydrogen) atoms. The van der Waals surface area contributed by atoms with E-state index in [1.54, 1.807) is 0 Å². The average Bonchev–Trinajstić information content (AvgIpc) is 2.58. The SMILES string of the molecule is Cc1cc(C)c(NC(=O)C2CCCN(c3ccc(C)nn3)C2)c(C)c1. The predicted octanol–water partition coefficient (Wildman–Crippen LogP) is 3.57. The highest BCUT2D eigenvalue weighted by atomic mass is 16.1. The minimum absolute atomic E-state index is 0.0306. The molecule has 5 nitrogen and oxygen atoms in total. The monoisotopic (exact) mass is 338 g/mol. The summed E-state index contributed by atoms with van der Waals surface area (Å²) in [5.41, 5.74) is 5.30. The van der Waals surface area contributed by atoms with Crippen molar-refractivity contribution >= 4 is 17.4 Å². The number of nitrogens with zero attached hydrogens (tertiary/aromatic N) is 3. The number of hydrogen-bond donors (Lipinski definition) is 1. The third-order valence-electron chi connectivity index (χ3n) is 4.83. The zero-order chi connectivity index (χ0) is 18.0. The molecule has 2 aromatic rings. The normalized spacial score (nSPS) is 17.4. The molecule has 2 heterocycles. The fourth-order valence-corrected chi connectivity index (χ4v) is 3.56. The molecule has 1 aliphatic rings. The van der Waals surface area contributed by atoms with Gasteiger partial charge >= 0.3 is 0 Å². The van der Waals surface area contributed by atoms with Crippen LogP contribution in [-0.2, 0) is 4.79 Å². The molecule has 1 saturated heterocycles. The van der Waals surface area contributed by atoms with Gasteiger partial charge in [0.1, 0.15) is 0 Å². The molecule has 0 saturated carbocycles. The van der Waals surface area contributed by atoms with Crippen molar-refractivity contribution in [2.45, 2.75) is 40.5 Å². The Morgan fingerprint density at radius 3 is 2.48 bits per heavy atom. The minimum Gasteiger partial charge on any atom is -0.354 e. The Morgan fingerprint density at radius 2 is 1.84 bits per heavy atom. The van der Waals surface area contributed by atoms with Crippen LogP contribution in [0.5, 0.6) is 0 Å². The number of carbonyl (C=O) groups is 1. The standard InChI is InChI=1S/C20H26N4O/c1-13-10-14(2)19(15(3)11-13)21-20(25)17-6-5-9-24(12-17)18-8-7-16(4)22-23-18/h7-8,10-11,17H,5-6,9,12H2,1-4H3,(H,21,25). The maximum atomic E-state index is 12.8. The zero-order valence-electron chi connectivity index (χ0n) is 15.5. The minimum atomic E-state index is -0.0306. The molecule has 1 atom stereocenters. The van der Waals surface area contributed by atoms with Crippen molar-refractivity contribution < 1.29 is 4.79 Å². The third-order valence-corrected chi connectivity index (χ3v) is 4.83. The fourth-order valence-electron chi connectivity index (χ4n) is 3.56. The predicted molar refractivity (Wildman–Crippen MR) is 101 cm³/mol. The quantitative estimate of drug-likeness (QED) is 0.929. The Labute approximate surface area is 149 Å². The number of aromatic nitrogens is 2. The first-order chi connectivity index (χ1) is 11.9. The van der Waals surface area contributed by atoms with E-state index in [4.69, 9.17) is 0 Å². The van der Waals surface area contributed by atoms with Crippen molar-refractivity contribution in [1.82, 2.24) is 10.2 Å². The highest BCUT2D eigenvalue weighted by Gasteiger charge is 2.27. The topological polar surface area (TPSA) is 58.1 Å². The summed E-state index contributed by atoms with van der Waals surface area (Å²) in [6.45, 7) is 9.70. The molecule has 0 aliphatic carbocycles. The van der Waals surface area contributed by atoms with Crippen molar-refractivity contribution in [2.24, 2.45) is 5.92 Å². The third kappa shape index (κ3) is 3.98. The van der Waals surface area contributed by atoms with Crippen LogP contribution in [0.15, 0.2) is 24.3 Å². The molecular formula is C20H26N4O. The van der Waals surface area contributed by atoms with E-state index in [0.717, 1.165) is 47.7 Å². The number of amides is 1. The van der Waals surface area contributed by atoms with Gasteiger partial charge in [-0.15, -0.1) is 5.10 Å². The first-order valence-electron chi connectivity index (χ1n) is 8.88. The van der Waals surface area contributed by atoms with E-state index in [9.17, 15) is 4.79 Å². The summed E-state index contributed by atoms with van der Waals surface area (Å²) >= 11 is 0. The zero-order valence-corrected chi connectivity index (χ0v) is 15.5. The van der Waals surface area contributed by atoms with Crippen molar-refractivity contribution in [1.29, 1.82) is 0 Å². The van der Waals surface area contributed by atoms with Crippen LogP contribution in [0.4, 0.5) is 11.5 Å². The number of nitrogens with one attached hydrogen (secondary N) is 1. The van der Waals surface area contributed by atoms with Gasteiger partial charge in [0, 0.05) is 18.8 Å². The Hall–Kier alpha value is -2.43. The molecule has 1 N–H and O–H groups in total. The molecule has 1 aliphatic heterocycles. The van der Waals surface area contributed by atoms with Crippen LogP contribution in [0.25, 0.3) is 0 Å². The van der Waals surface area contributed by atoms with Crippen LogP contribution < -0.4 is 10.2 Å². The number of piperidine rings is 1. The number of rotatable bonds is 3. The smallest absolute Gasteiger partial charge is 0.229 e. The summed E-state index contributed by atoms with van der Waals surface area (Å²) in [5, 5.41) is 11.5. The molecule has 1 fully saturated rings. The van der Waals surface area contributed by atoms with Gasteiger partial charge in [-0.2, -0.15) is 5.10 Å². The molecule has 0 spiro atoms. The lowest BCUT2D eigenvalue weighted by Gasteiger charge is -2.32. The van der Waals surface area contributed by atoms with Crippen LogP contribution >= 0.6 is 0 Å². The van der Waals surface area contributed by atoms with Crippen molar-refractivity contribution in [3.05, 3.63) is 46.6 Å². The number of aryl methyl sites for hydroxylation is 4. The van der Waals surface area contributed by atoms with E-state index < -0.39 is 0 Å². The molecule has 1 amide bonds. The molecule has 1 unspecified atom stereocenters. The molecule has 3 rings (SSSR count). The van der Waals surface area contributed by atoms with E-state index in [2.05, 4.69) is 39.5 Å². The second kappa shape index (κ2) is 7.21. The number of anilines is 2. The maximum absolute atomic E-state index is 12.8. The van der Waals surface area contributed by atoms with Crippen LogP contribution in [0.1, 0.15) is 35.2 Å². The Kier molecular flexibility index (Phi) is 5.02. The molecule has 1 aromatic carbocycles. The molecule has 0 bridgehead atoms. The summed E-state index contributed by atoms with van der Waals surface area (Å²) in [6, 6.07) is 8.16. The molecule has 0 radical (unpaired) electrons.